The summed E-state index contributed by atoms with van der Waals surface area (Å²) in [7, 11) is 0. The number of nitrogens with zero attached hydrogens (tertiary/aromatic N) is 6. The summed E-state index contributed by atoms with van der Waals surface area (Å²) >= 11 is 0. The lowest BCUT2D eigenvalue weighted by molar-refractivity contribution is -0.139. The number of unbranched alkanes of at least 4 members (excludes halogenated alkanes) is 1. The lowest BCUT2D eigenvalue weighted by Gasteiger charge is -2.21. The van der Waals surface area contributed by atoms with E-state index < -0.39 is 18.0 Å². The number of aromatic nitrogens is 5. The Kier molecular flexibility index (Phi) is 9.38. The fourth-order valence-electron chi connectivity index (χ4n) is 4.87. The maximum atomic E-state index is 12.9. The van der Waals surface area contributed by atoms with Gasteiger partial charge in [0.15, 0.2) is 5.65 Å². The molecule has 192 valence electrons. The monoisotopic (exact) mass is 514 g/mol. The third-order valence-electron chi connectivity index (χ3n) is 6.70. The molecule has 1 aliphatic rings. The Hall–Kier alpha value is -3.49. The SMILES string of the molecule is Cl.N#CCC(C1CCCC1)n1cc(-c2ncnc3c2ccn3C(=O)NC(CCCCN)C(=O)O)cn1. The Morgan fingerprint density at radius 1 is 1.28 bits per heavy atom. The number of fused-ring (bicyclic) bond motifs is 1. The number of carbonyl (C=O) groups excluding carboxylic acids is 1. The van der Waals surface area contributed by atoms with Crippen molar-refractivity contribution in [2.24, 2.45) is 11.7 Å². The van der Waals surface area contributed by atoms with Crippen LogP contribution in [-0.4, -0.2) is 54.0 Å². The second-order valence-corrected chi connectivity index (χ2v) is 8.95. The molecule has 2 atom stereocenters. The van der Waals surface area contributed by atoms with Gasteiger partial charge in [-0.1, -0.05) is 12.8 Å². The Balaban J connectivity index is 0.00000361. The number of hydrogen-bond donors (Lipinski definition) is 3. The third-order valence-corrected chi connectivity index (χ3v) is 6.70. The quantitative estimate of drug-likeness (QED) is 0.346. The molecule has 12 heteroatoms. The first kappa shape index (κ1) is 27.1. The van der Waals surface area contributed by atoms with Crippen molar-refractivity contribution in [1.29, 1.82) is 5.26 Å². The summed E-state index contributed by atoms with van der Waals surface area (Å²) in [5.41, 5.74) is 7.24. The Labute approximate surface area is 215 Å². The van der Waals surface area contributed by atoms with E-state index in [1.165, 1.54) is 23.7 Å². The number of aliphatic carboxylic acids is 1. The minimum Gasteiger partial charge on any atom is -0.480 e. The van der Waals surface area contributed by atoms with Crippen LogP contribution in [0.3, 0.4) is 0 Å². The molecule has 11 nitrogen and oxygen atoms in total. The lowest BCUT2D eigenvalue weighted by Crippen LogP contribution is -2.42. The van der Waals surface area contributed by atoms with Crippen molar-refractivity contribution in [1.82, 2.24) is 29.6 Å². The number of halogens is 1. The number of nitrogens with one attached hydrogen (secondary N) is 1. The van der Waals surface area contributed by atoms with E-state index in [9.17, 15) is 20.0 Å². The van der Waals surface area contributed by atoms with Crippen LogP contribution in [0.2, 0.25) is 0 Å². The molecule has 1 saturated carbocycles. The molecule has 0 radical (unpaired) electrons. The number of nitrogens with two attached hydrogens (primary N) is 1. The summed E-state index contributed by atoms with van der Waals surface area (Å²) in [6.45, 7) is 0.469. The van der Waals surface area contributed by atoms with Crippen LogP contribution >= 0.6 is 12.4 Å². The van der Waals surface area contributed by atoms with Gasteiger partial charge in [-0.25, -0.2) is 19.6 Å². The zero-order valence-electron chi connectivity index (χ0n) is 19.9. The van der Waals surface area contributed by atoms with E-state index >= 15 is 0 Å². The van der Waals surface area contributed by atoms with Crippen molar-refractivity contribution in [2.45, 2.75) is 63.5 Å². The molecule has 2 unspecified atom stereocenters. The standard InChI is InChI=1S/C24H30N8O3.ClH/c25-10-4-3-7-19(23(33)34)30-24(35)31-12-9-18-21(27-15-28-22(18)31)17-13-29-32(14-17)20(8-11-26)16-5-1-2-6-16;/h9,12-16,19-20H,1-8,10,25H2,(H,30,35)(H,33,34);1H. The molecule has 1 amide bonds. The summed E-state index contributed by atoms with van der Waals surface area (Å²) in [6, 6.07) is 2.46. The van der Waals surface area contributed by atoms with Gasteiger partial charge in [0.05, 0.1) is 30.4 Å². The summed E-state index contributed by atoms with van der Waals surface area (Å²) in [5, 5.41) is 26.6. The van der Waals surface area contributed by atoms with E-state index in [0.29, 0.717) is 54.9 Å². The minimum absolute atomic E-state index is 0. The number of carboxylic acids is 1. The number of nitriles is 1. The molecule has 1 aliphatic carbocycles. The van der Waals surface area contributed by atoms with Crippen molar-refractivity contribution in [3.8, 4) is 17.3 Å². The molecule has 3 aromatic rings. The van der Waals surface area contributed by atoms with E-state index in [4.69, 9.17) is 5.73 Å². The molecular formula is C24H31ClN8O3. The molecule has 36 heavy (non-hydrogen) atoms. The van der Waals surface area contributed by atoms with Crippen LogP contribution in [0.1, 0.15) is 57.4 Å². The summed E-state index contributed by atoms with van der Waals surface area (Å²) in [4.78, 5) is 33.2. The molecular weight excluding hydrogens is 484 g/mol. The molecule has 3 aromatic heterocycles. The van der Waals surface area contributed by atoms with Crippen LogP contribution in [0, 0.1) is 17.2 Å². The van der Waals surface area contributed by atoms with E-state index in [0.717, 1.165) is 18.4 Å². The number of hydrogen-bond acceptors (Lipinski definition) is 7. The summed E-state index contributed by atoms with van der Waals surface area (Å²) in [5.74, 6) is -0.659. The zero-order valence-corrected chi connectivity index (χ0v) is 20.7. The molecule has 0 saturated heterocycles. The van der Waals surface area contributed by atoms with Gasteiger partial charge < -0.3 is 16.2 Å². The highest BCUT2D eigenvalue weighted by Gasteiger charge is 2.27. The smallest absolute Gasteiger partial charge is 0.327 e. The highest BCUT2D eigenvalue weighted by molar-refractivity contribution is 5.97. The van der Waals surface area contributed by atoms with Gasteiger partial charge in [-0.15, -0.1) is 12.4 Å². The molecule has 0 bridgehead atoms. The van der Waals surface area contributed by atoms with Crippen molar-refractivity contribution >= 4 is 35.4 Å². The van der Waals surface area contributed by atoms with Gasteiger partial charge in [0, 0.05) is 23.3 Å². The minimum atomic E-state index is -1.09. The third kappa shape index (κ3) is 5.83. The van der Waals surface area contributed by atoms with E-state index in [1.54, 1.807) is 18.5 Å². The van der Waals surface area contributed by atoms with Gasteiger partial charge >= 0.3 is 12.0 Å². The van der Waals surface area contributed by atoms with Crippen molar-refractivity contribution in [3.05, 3.63) is 31.0 Å². The normalized spacial score (nSPS) is 15.2. The number of rotatable bonds is 10. The molecule has 0 aliphatic heterocycles. The Morgan fingerprint density at radius 2 is 2.06 bits per heavy atom. The molecule has 4 N–H and O–H groups in total. The highest BCUT2D eigenvalue weighted by atomic mass is 35.5. The summed E-state index contributed by atoms with van der Waals surface area (Å²) in [6.07, 6.45) is 13.1. The van der Waals surface area contributed by atoms with Crippen LogP contribution < -0.4 is 11.1 Å². The van der Waals surface area contributed by atoms with E-state index in [-0.39, 0.29) is 18.4 Å². The van der Waals surface area contributed by atoms with Gasteiger partial charge in [0.25, 0.3) is 0 Å². The maximum absolute atomic E-state index is 12.9. The average molecular weight is 515 g/mol. The molecule has 0 aromatic carbocycles. The maximum Gasteiger partial charge on any atom is 0.327 e. The summed E-state index contributed by atoms with van der Waals surface area (Å²) < 4.78 is 3.16. The Morgan fingerprint density at radius 3 is 2.75 bits per heavy atom. The first-order valence-corrected chi connectivity index (χ1v) is 12.0. The van der Waals surface area contributed by atoms with Gasteiger partial charge in [0.2, 0.25) is 0 Å². The van der Waals surface area contributed by atoms with Gasteiger partial charge in [-0.3, -0.25) is 9.25 Å². The molecule has 0 spiro atoms. The Bertz CT molecular complexity index is 1230. The molecule has 1 fully saturated rings. The van der Waals surface area contributed by atoms with Crippen molar-refractivity contribution in [2.75, 3.05) is 6.54 Å². The van der Waals surface area contributed by atoms with E-state index in [1.807, 2.05) is 10.9 Å². The number of amides is 1. The van der Waals surface area contributed by atoms with Crippen LogP contribution in [0.5, 0.6) is 0 Å². The fourth-order valence-corrected chi connectivity index (χ4v) is 4.87. The van der Waals surface area contributed by atoms with Crippen molar-refractivity contribution < 1.29 is 14.7 Å². The van der Waals surface area contributed by atoms with Crippen molar-refractivity contribution in [3.63, 3.8) is 0 Å². The number of carbonyl (C=O) groups is 2. The molecule has 3 heterocycles. The fraction of sp³-hybridized carbons (Fsp3) is 0.500. The van der Waals surface area contributed by atoms with Crippen LogP contribution in [-0.2, 0) is 4.79 Å². The second kappa shape index (κ2) is 12.5. The zero-order chi connectivity index (χ0) is 24.8. The molecule has 4 rings (SSSR count). The largest absolute Gasteiger partial charge is 0.480 e. The van der Waals surface area contributed by atoms with Crippen LogP contribution in [0.4, 0.5) is 4.79 Å². The average Bonchev–Trinajstić information content (AvgIpc) is 3.62. The van der Waals surface area contributed by atoms with Crippen LogP contribution in [0.15, 0.2) is 31.0 Å². The second-order valence-electron chi connectivity index (χ2n) is 8.95. The van der Waals surface area contributed by atoms with Crippen LogP contribution in [0.25, 0.3) is 22.3 Å². The predicted octanol–water partition coefficient (Wildman–Crippen LogP) is 3.50. The predicted molar refractivity (Wildman–Crippen MR) is 135 cm³/mol. The first-order valence-electron chi connectivity index (χ1n) is 12.0. The van der Waals surface area contributed by atoms with Gasteiger partial charge in [0.1, 0.15) is 12.4 Å². The topological polar surface area (TPSA) is 165 Å². The highest BCUT2D eigenvalue weighted by Crippen LogP contribution is 2.36. The van der Waals surface area contributed by atoms with Gasteiger partial charge in [-0.2, -0.15) is 10.4 Å². The van der Waals surface area contributed by atoms with E-state index in [2.05, 4.69) is 26.5 Å². The number of carboxylic acid groups (broad SMARTS) is 1. The first-order chi connectivity index (χ1) is 17.0. The van der Waals surface area contributed by atoms with Gasteiger partial charge in [-0.05, 0) is 50.6 Å². The lowest BCUT2D eigenvalue weighted by atomic mass is 9.96.